The molecule has 1 heterocycles. The normalized spacial score (nSPS) is 20.2. The Morgan fingerprint density at radius 3 is 2.71 bits per heavy atom. The first-order chi connectivity index (χ1) is 7.96. The summed E-state index contributed by atoms with van der Waals surface area (Å²) < 4.78 is 0.872. The van der Waals surface area contributed by atoms with Gasteiger partial charge in [0.15, 0.2) is 0 Å². The van der Waals surface area contributed by atoms with Crippen molar-refractivity contribution in [1.82, 2.24) is 9.97 Å². The highest BCUT2D eigenvalue weighted by Gasteiger charge is 2.27. The first kappa shape index (κ1) is 12.6. The fourth-order valence-electron chi connectivity index (χ4n) is 2.22. The predicted octanol–water partition coefficient (Wildman–Crippen LogP) is 3.20. The fraction of sp³-hybridized carbons (Fsp3) is 0.667. The van der Waals surface area contributed by atoms with E-state index in [0.717, 1.165) is 10.3 Å². The maximum absolute atomic E-state index is 5.59. The van der Waals surface area contributed by atoms with Gasteiger partial charge in [0, 0.05) is 12.2 Å². The number of nitrogens with zero attached hydrogens (tertiary/aromatic N) is 2. The molecular weight excluding hydrogens is 280 g/mol. The molecule has 4 nitrogen and oxygen atoms in total. The summed E-state index contributed by atoms with van der Waals surface area (Å²) in [6, 6.07) is 0.494. The van der Waals surface area contributed by atoms with Gasteiger partial charge >= 0.3 is 0 Å². The van der Waals surface area contributed by atoms with Gasteiger partial charge in [-0.15, -0.1) is 0 Å². The van der Waals surface area contributed by atoms with Crippen LogP contribution in [0.25, 0.3) is 0 Å². The summed E-state index contributed by atoms with van der Waals surface area (Å²) in [5.41, 5.74) is 6.08. The molecule has 0 aliphatic heterocycles. The lowest BCUT2D eigenvalue weighted by Crippen LogP contribution is -2.30. The third kappa shape index (κ3) is 3.31. The lowest BCUT2D eigenvalue weighted by molar-refractivity contribution is 0.232. The molecule has 0 spiro atoms. The summed E-state index contributed by atoms with van der Waals surface area (Å²) in [4.78, 5) is 8.15. The van der Waals surface area contributed by atoms with Crippen molar-refractivity contribution in [2.45, 2.75) is 45.6 Å². The minimum Gasteiger partial charge on any atom is -0.368 e. The van der Waals surface area contributed by atoms with E-state index in [2.05, 4.69) is 45.1 Å². The molecule has 2 rings (SSSR count). The van der Waals surface area contributed by atoms with Crippen LogP contribution in [0.15, 0.2) is 10.7 Å². The molecule has 3 N–H and O–H groups in total. The molecule has 0 atom stereocenters. The van der Waals surface area contributed by atoms with Gasteiger partial charge < -0.3 is 11.1 Å². The van der Waals surface area contributed by atoms with E-state index in [9.17, 15) is 0 Å². The van der Waals surface area contributed by atoms with Crippen molar-refractivity contribution in [2.24, 2.45) is 5.41 Å². The number of nitrogens with one attached hydrogen (secondary N) is 1. The second-order valence-electron chi connectivity index (χ2n) is 5.51. The number of anilines is 2. The molecule has 0 bridgehead atoms. The van der Waals surface area contributed by atoms with Crippen LogP contribution < -0.4 is 11.1 Å². The lowest BCUT2D eigenvalue weighted by Gasteiger charge is -2.34. The van der Waals surface area contributed by atoms with Gasteiger partial charge in [-0.3, -0.25) is 0 Å². The van der Waals surface area contributed by atoms with Crippen LogP contribution in [-0.2, 0) is 0 Å². The molecule has 1 fully saturated rings. The van der Waals surface area contributed by atoms with E-state index in [1.54, 1.807) is 6.20 Å². The summed E-state index contributed by atoms with van der Waals surface area (Å²) in [7, 11) is 0. The molecule has 0 amide bonds. The molecule has 1 aromatic rings. The number of aromatic nitrogens is 2. The van der Waals surface area contributed by atoms with Gasteiger partial charge in [-0.05, 0) is 47.0 Å². The van der Waals surface area contributed by atoms with E-state index in [1.165, 1.54) is 25.7 Å². The summed E-state index contributed by atoms with van der Waals surface area (Å²) >= 11 is 3.44. The number of nitrogens with two attached hydrogens (primary N) is 1. The third-order valence-corrected chi connectivity index (χ3v) is 4.02. The van der Waals surface area contributed by atoms with Crippen LogP contribution in [0.1, 0.15) is 39.5 Å². The molecule has 1 saturated carbocycles. The maximum Gasteiger partial charge on any atom is 0.221 e. The number of nitrogen functional groups attached to an aromatic ring is 1. The summed E-state index contributed by atoms with van der Waals surface area (Å²) in [5, 5.41) is 3.45. The molecule has 0 aromatic carbocycles. The van der Waals surface area contributed by atoms with Crippen LogP contribution in [0.4, 0.5) is 11.8 Å². The molecule has 1 aliphatic rings. The Kier molecular flexibility index (Phi) is 3.56. The largest absolute Gasteiger partial charge is 0.368 e. The molecule has 0 unspecified atom stereocenters. The third-order valence-electron chi connectivity index (χ3n) is 3.44. The van der Waals surface area contributed by atoms with Gasteiger partial charge in [0.2, 0.25) is 5.95 Å². The van der Waals surface area contributed by atoms with E-state index in [0.29, 0.717) is 17.4 Å². The molecular formula is C12H19BrN4. The zero-order chi connectivity index (χ0) is 12.5. The first-order valence-corrected chi connectivity index (χ1v) is 6.80. The van der Waals surface area contributed by atoms with E-state index in [1.807, 2.05) is 0 Å². The van der Waals surface area contributed by atoms with Crippen LogP contribution in [-0.4, -0.2) is 16.0 Å². The van der Waals surface area contributed by atoms with Crippen LogP contribution in [0.2, 0.25) is 0 Å². The molecule has 0 saturated heterocycles. The SMILES string of the molecule is CC1(C)CCC(Nc2nc(N)ncc2Br)CC1. The van der Waals surface area contributed by atoms with Gasteiger partial charge in [-0.1, -0.05) is 13.8 Å². The van der Waals surface area contributed by atoms with Crippen LogP contribution in [0.3, 0.4) is 0 Å². The topological polar surface area (TPSA) is 63.8 Å². The standard InChI is InChI=1S/C12H19BrN4/c1-12(2)5-3-8(4-6-12)16-10-9(13)7-15-11(14)17-10/h7-8H,3-6H2,1-2H3,(H3,14,15,16,17). The average Bonchev–Trinajstić information content (AvgIpc) is 2.26. The second kappa shape index (κ2) is 4.80. The first-order valence-electron chi connectivity index (χ1n) is 6.01. The van der Waals surface area contributed by atoms with Crippen molar-refractivity contribution in [1.29, 1.82) is 0 Å². The number of rotatable bonds is 2. The highest BCUT2D eigenvalue weighted by molar-refractivity contribution is 9.10. The predicted molar refractivity (Wildman–Crippen MR) is 73.8 cm³/mol. The Morgan fingerprint density at radius 1 is 1.41 bits per heavy atom. The Hall–Kier alpha value is -0.840. The van der Waals surface area contributed by atoms with Crippen molar-refractivity contribution in [3.63, 3.8) is 0 Å². The van der Waals surface area contributed by atoms with Crippen LogP contribution in [0, 0.1) is 5.41 Å². The fourth-order valence-corrected chi connectivity index (χ4v) is 2.52. The van der Waals surface area contributed by atoms with Crippen LogP contribution in [0.5, 0.6) is 0 Å². The van der Waals surface area contributed by atoms with E-state index in [-0.39, 0.29) is 0 Å². The van der Waals surface area contributed by atoms with Crippen molar-refractivity contribution in [3.8, 4) is 0 Å². The number of hydrogen-bond donors (Lipinski definition) is 2. The highest BCUT2D eigenvalue weighted by atomic mass is 79.9. The minimum absolute atomic E-state index is 0.312. The maximum atomic E-state index is 5.59. The minimum atomic E-state index is 0.312. The summed E-state index contributed by atoms with van der Waals surface area (Å²) in [5.74, 6) is 1.12. The quantitative estimate of drug-likeness (QED) is 0.880. The van der Waals surface area contributed by atoms with Crippen molar-refractivity contribution >= 4 is 27.7 Å². The van der Waals surface area contributed by atoms with Gasteiger partial charge in [0.1, 0.15) is 5.82 Å². The molecule has 17 heavy (non-hydrogen) atoms. The highest BCUT2D eigenvalue weighted by Crippen LogP contribution is 2.36. The number of hydrogen-bond acceptors (Lipinski definition) is 4. The Balaban J connectivity index is 2.00. The Morgan fingerprint density at radius 2 is 2.06 bits per heavy atom. The summed E-state index contributed by atoms with van der Waals surface area (Å²) in [6.45, 7) is 4.67. The molecule has 94 valence electrons. The zero-order valence-corrected chi connectivity index (χ0v) is 11.9. The summed E-state index contributed by atoms with van der Waals surface area (Å²) in [6.07, 6.45) is 6.57. The Labute approximate surface area is 111 Å². The monoisotopic (exact) mass is 298 g/mol. The lowest BCUT2D eigenvalue weighted by atomic mass is 9.75. The average molecular weight is 299 g/mol. The van der Waals surface area contributed by atoms with Gasteiger partial charge in [-0.25, -0.2) is 4.98 Å². The molecule has 1 aromatic heterocycles. The smallest absolute Gasteiger partial charge is 0.221 e. The molecule has 1 aliphatic carbocycles. The Bertz CT molecular complexity index is 395. The number of halogens is 1. The van der Waals surface area contributed by atoms with Gasteiger partial charge in [0.05, 0.1) is 4.47 Å². The van der Waals surface area contributed by atoms with Gasteiger partial charge in [0.25, 0.3) is 0 Å². The van der Waals surface area contributed by atoms with Crippen LogP contribution >= 0.6 is 15.9 Å². The van der Waals surface area contributed by atoms with E-state index in [4.69, 9.17) is 5.73 Å². The van der Waals surface area contributed by atoms with Crippen molar-refractivity contribution < 1.29 is 0 Å². The van der Waals surface area contributed by atoms with E-state index < -0.39 is 0 Å². The van der Waals surface area contributed by atoms with E-state index >= 15 is 0 Å². The van der Waals surface area contributed by atoms with Crippen molar-refractivity contribution in [2.75, 3.05) is 11.1 Å². The molecule has 5 heteroatoms. The zero-order valence-electron chi connectivity index (χ0n) is 10.3. The molecule has 0 radical (unpaired) electrons. The second-order valence-corrected chi connectivity index (χ2v) is 6.36. The van der Waals surface area contributed by atoms with Gasteiger partial charge in [-0.2, -0.15) is 4.98 Å². The van der Waals surface area contributed by atoms with Crippen molar-refractivity contribution in [3.05, 3.63) is 10.7 Å².